The summed E-state index contributed by atoms with van der Waals surface area (Å²) in [6, 6.07) is 9.56. The fourth-order valence-corrected chi connectivity index (χ4v) is 5.01. The molecule has 3 heterocycles. The highest BCUT2D eigenvalue weighted by molar-refractivity contribution is 5.84. The molecule has 0 radical (unpaired) electrons. The molecular formula is C22H27N5O3. The number of nitrogens with one attached hydrogen (secondary N) is 2. The van der Waals surface area contributed by atoms with Crippen LogP contribution in [0.2, 0.25) is 0 Å². The quantitative estimate of drug-likeness (QED) is 0.777. The predicted octanol–water partition coefficient (Wildman–Crippen LogP) is 1.53. The van der Waals surface area contributed by atoms with Crippen molar-refractivity contribution in [1.29, 1.82) is 0 Å². The maximum absolute atomic E-state index is 12.5. The van der Waals surface area contributed by atoms with Crippen LogP contribution in [-0.2, 0) is 16.0 Å². The van der Waals surface area contributed by atoms with E-state index >= 15 is 0 Å². The molecule has 2 amide bonds. The third-order valence-corrected chi connectivity index (χ3v) is 6.59. The topological polar surface area (TPSA) is 100 Å². The summed E-state index contributed by atoms with van der Waals surface area (Å²) < 4.78 is 5.88. The summed E-state index contributed by atoms with van der Waals surface area (Å²) in [7, 11) is 0. The lowest BCUT2D eigenvalue weighted by Crippen LogP contribution is -2.58. The third-order valence-electron chi connectivity index (χ3n) is 6.59. The smallest absolute Gasteiger partial charge is 0.247 e. The minimum absolute atomic E-state index is 0.0111. The molecule has 2 N–H and O–H groups in total. The Balaban J connectivity index is 1.25. The standard InChI is InChI=1S/C22H27N5O3/c28-20(14-6-4-5-7-14)24-16-10-18-21(29)23-12-17(27(18)13-16)11-19-25-26-22(30-19)15-8-2-1-3-9-15/h1-3,8-9,14,16-18H,4-7,10-13H2,(H,23,29)(H,24,28)/t16-,17+,18-/m0/s1. The van der Waals surface area contributed by atoms with Gasteiger partial charge < -0.3 is 15.1 Å². The van der Waals surface area contributed by atoms with Gasteiger partial charge in [0.25, 0.3) is 0 Å². The number of aromatic nitrogens is 2. The number of carbonyl (C=O) groups is 2. The number of hydrogen-bond acceptors (Lipinski definition) is 6. The van der Waals surface area contributed by atoms with E-state index in [1.165, 1.54) is 0 Å². The van der Waals surface area contributed by atoms with E-state index in [-0.39, 0.29) is 35.9 Å². The zero-order valence-corrected chi connectivity index (χ0v) is 16.9. The lowest BCUT2D eigenvalue weighted by molar-refractivity contribution is -0.129. The molecule has 2 saturated heterocycles. The van der Waals surface area contributed by atoms with Gasteiger partial charge in [-0.15, -0.1) is 10.2 Å². The average Bonchev–Trinajstić information content (AvgIpc) is 3.52. The first-order valence-electron chi connectivity index (χ1n) is 10.9. The highest BCUT2D eigenvalue weighted by Crippen LogP contribution is 2.28. The Morgan fingerprint density at radius 1 is 1.20 bits per heavy atom. The normalized spacial score (nSPS) is 27.1. The Kier molecular flexibility index (Phi) is 5.25. The Labute approximate surface area is 175 Å². The lowest BCUT2D eigenvalue weighted by atomic mass is 10.0. The van der Waals surface area contributed by atoms with Crippen molar-refractivity contribution in [2.45, 2.75) is 56.7 Å². The highest BCUT2D eigenvalue weighted by Gasteiger charge is 2.44. The van der Waals surface area contributed by atoms with Gasteiger partial charge in [-0.2, -0.15) is 0 Å². The fourth-order valence-electron chi connectivity index (χ4n) is 5.01. The van der Waals surface area contributed by atoms with Gasteiger partial charge in [0, 0.05) is 43.1 Å². The number of piperazine rings is 1. The van der Waals surface area contributed by atoms with Crippen molar-refractivity contribution in [2.24, 2.45) is 5.92 Å². The monoisotopic (exact) mass is 409 g/mol. The van der Waals surface area contributed by atoms with Crippen LogP contribution >= 0.6 is 0 Å². The summed E-state index contributed by atoms with van der Waals surface area (Å²) in [4.78, 5) is 27.2. The summed E-state index contributed by atoms with van der Waals surface area (Å²) in [5.74, 6) is 1.40. The van der Waals surface area contributed by atoms with Crippen molar-refractivity contribution in [3.63, 3.8) is 0 Å². The van der Waals surface area contributed by atoms with E-state index in [1.807, 2.05) is 30.3 Å². The minimum Gasteiger partial charge on any atom is -0.421 e. The number of nitrogens with zero attached hydrogens (tertiary/aromatic N) is 3. The Hall–Kier alpha value is -2.74. The lowest BCUT2D eigenvalue weighted by Gasteiger charge is -2.36. The number of amides is 2. The van der Waals surface area contributed by atoms with Crippen LogP contribution in [0.5, 0.6) is 0 Å². The predicted molar refractivity (Wildman–Crippen MR) is 109 cm³/mol. The summed E-state index contributed by atoms with van der Waals surface area (Å²) in [5, 5.41) is 14.6. The molecule has 0 unspecified atom stereocenters. The fraction of sp³-hybridized carbons (Fsp3) is 0.545. The maximum Gasteiger partial charge on any atom is 0.247 e. The molecule has 0 spiro atoms. The minimum atomic E-state index is -0.214. The van der Waals surface area contributed by atoms with E-state index in [0.717, 1.165) is 31.2 Å². The molecule has 158 valence electrons. The van der Waals surface area contributed by atoms with Gasteiger partial charge in [0.2, 0.25) is 23.6 Å². The van der Waals surface area contributed by atoms with Gasteiger partial charge in [-0.3, -0.25) is 14.5 Å². The number of carbonyl (C=O) groups excluding carboxylic acids is 2. The van der Waals surface area contributed by atoms with Gasteiger partial charge in [-0.25, -0.2) is 0 Å². The van der Waals surface area contributed by atoms with E-state index in [0.29, 0.717) is 37.7 Å². The Bertz CT molecular complexity index is 909. The van der Waals surface area contributed by atoms with E-state index < -0.39 is 0 Å². The van der Waals surface area contributed by atoms with Gasteiger partial charge in [-0.05, 0) is 31.4 Å². The Morgan fingerprint density at radius 3 is 2.80 bits per heavy atom. The van der Waals surface area contributed by atoms with Crippen molar-refractivity contribution in [3.8, 4) is 11.5 Å². The summed E-state index contributed by atoms with van der Waals surface area (Å²) >= 11 is 0. The summed E-state index contributed by atoms with van der Waals surface area (Å²) in [5.41, 5.74) is 0.891. The Morgan fingerprint density at radius 2 is 2.00 bits per heavy atom. The molecule has 5 rings (SSSR count). The highest BCUT2D eigenvalue weighted by atomic mass is 16.4. The first-order chi connectivity index (χ1) is 14.7. The van der Waals surface area contributed by atoms with Gasteiger partial charge in [0.05, 0.1) is 6.04 Å². The molecule has 1 aromatic carbocycles. The summed E-state index contributed by atoms with van der Waals surface area (Å²) in [6.45, 7) is 1.22. The second-order valence-electron chi connectivity index (χ2n) is 8.61. The van der Waals surface area contributed by atoms with Crippen LogP contribution in [0.4, 0.5) is 0 Å². The van der Waals surface area contributed by atoms with Gasteiger partial charge in [0.1, 0.15) is 0 Å². The van der Waals surface area contributed by atoms with E-state index in [4.69, 9.17) is 4.42 Å². The van der Waals surface area contributed by atoms with Crippen LogP contribution in [-0.4, -0.2) is 58.1 Å². The maximum atomic E-state index is 12.5. The van der Waals surface area contributed by atoms with Crippen LogP contribution in [0, 0.1) is 5.92 Å². The van der Waals surface area contributed by atoms with E-state index in [2.05, 4.69) is 25.7 Å². The van der Waals surface area contributed by atoms with Crippen LogP contribution in [0.25, 0.3) is 11.5 Å². The first-order valence-corrected chi connectivity index (χ1v) is 10.9. The zero-order chi connectivity index (χ0) is 20.5. The molecule has 1 aromatic heterocycles. The van der Waals surface area contributed by atoms with Crippen LogP contribution in [0.15, 0.2) is 34.7 Å². The molecule has 8 heteroatoms. The van der Waals surface area contributed by atoms with Crippen molar-refractivity contribution >= 4 is 11.8 Å². The third kappa shape index (κ3) is 3.84. The molecule has 3 aliphatic rings. The number of benzene rings is 1. The molecule has 1 saturated carbocycles. The van der Waals surface area contributed by atoms with Gasteiger partial charge in [0.15, 0.2) is 0 Å². The zero-order valence-electron chi connectivity index (χ0n) is 16.9. The molecule has 8 nitrogen and oxygen atoms in total. The molecule has 3 fully saturated rings. The molecule has 0 bridgehead atoms. The average molecular weight is 409 g/mol. The molecule has 2 aromatic rings. The number of hydrogen-bond donors (Lipinski definition) is 2. The van der Waals surface area contributed by atoms with Gasteiger partial charge >= 0.3 is 0 Å². The number of rotatable bonds is 5. The number of fused-ring (bicyclic) bond motifs is 1. The van der Waals surface area contributed by atoms with E-state index in [9.17, 15) is 9.59 Å². The van der Waals surface area contributed by atoms with Crippen molar-refractivity contribution in [2.75, 3.05) is 13.1 Å². The second-order valence-corrected chi connectivity index (χ2v) is 8.61. The van der Waals surface area contributed by atoms with Gasteiger partial charge in [-0.1, -0.05) is 31.0 Å². The van der Waals surface area contributed by atoms with E-state index in [1.54, 1.807) is 0 Å². The largest absolute Gasteiger partial charge is 0.421 e. The van der Waals surface area contributed by atoms with Crippen molar-refractivity contribution in [3.05, 3.63) is 36.2 Å². The van der Waals surface area contributed by atoms with Crippen LogP contribution < -0.4 is 10.6 Å². The SMILES string of the molecule is O=C(N[C@H]1C[C@H]2C(=O)NC[C@@H](Cc3nnc(-c4ccccc4)o3)N2C1)C1CCCC1. The van der Waals surface area contributed by atoms with Crippen LogP contribution in [0.3, 0.4) is 0 Å². The molecule has 3 atom stereocenters. The molecule has 2 aliphatic heterocycles. The molecular weight excluding hydrogens is 382 g/mol. The molecule has 1 aliphatic carbocycles. The second kappa shape index (κ2) is 8.18. The summed E-state index contributed by atoms with van der Waals surface area (Å²) in [6.07, 6.45) is 5.46. The van der Waals surface area contributed by atoms with Crippen LogP contribution in [0.1, 0.15) is 38.0 Å². The molecule has 30 heavy (non-hydrogen) atoms. The van der Waals surface area contributed by atoms with Crippen molar-refractivity contribution < 1.29 is 14.0 Å². The first kappa shape index (κ1) is 19.2. The van der Waals surface area contributed by atoms with Crippen molar-refractivity contribution in [1.82, 2.24) is 25.7 Å².